The Labute approximate surface area is 73.9 Å². The van der Waals surface area contributed by atoms with Gasteiger partial charge >= 0.3 is 26.2 Å². The van der Waals surface area contributed by atoms with Crippen LogP contribution in [0.5, 0.6) is 0 Å². The van der Waals surface area contributed by atoms with Gasteiger partial charge in [0.2, 0.25) is 0 Å². The van der Waals surface area contributed by atoms with Crippen molar-refractivity contribution >= 4 is 0 Å². The summed E-state index contributed by atoms with van der Waals surface area (Å²) in [5.74, 6) is 0. The molecule has 0 fully saturated rings. The van der Waals surface area contributed by atoms with Crippen LogP contribution in [0.3, 0.4) is 0 Å². The molecule has 0 amide bonds. The van der Waals surface area contributed by atoms with E-state index in [9.17, 15) is 0 Å². The summed E-state index contributed by atoms with van der Waals surface area (Å²) in [4.78, 5) is 0. The summed E-state index contributed by atoms with van der Waals surface area (Å²) in [7, 11) is 0. The molecule has 0 saturated carbocycles. The fraction of sp³-hybridized carbons (Fsp3) is 0.167. The van der Waals surface area contributed by atoms with Gasteiger partial charge in [-0.1, -0.05) is 0 Å². The molecule has 0 N–H and O–H groups in total. The summed E-state index contributed by atoms with van der Waals surface area (Å²) < 4.78 is 0. The molecule has 50 valence electrons. The van der Waals surface area contributed by atoms with Gasteiger partial charge in [-0.2, -0.15) is 6.08 Å². The molecule has 0 saturated heterocycles. The van der Waals surface area contributed by atoms with Crippen molar-refractivity contribution in [2.24, 2.45) is 0 Å². The topological polar surface area (TPSA) is 0 Å². The van der Waals surface area contributed by atoms with Gasteiger partial charge in [0.15, 0.2) is 0 Å². The molecule has 0 unspecified atom stereocenters. The first-order chi connectivity index (χ1) is 2.50. The van der Waals surface area contributed by atoms with E-state index in [1.807, 2.05) is 12.2 Å². The second-order valence-corrected chi connectivity index (χ2v) is 1.00. The number of halogens is 2. The van der Waals surface area contributed by atoms with Crippen LogP contribution < -0.4 is 9.41 Å². The minimum Gasteiger partial charge on any atom is -1.00 e. The third-order valence-corrected chi connectivity index (χ3v) is 0.586. The standard InChI is InChI=1S/C5H5.CH3.2FH.Zr/c1-2-4-5-3-1;;;;/h1-3H,4H2;1H3;2*1H;/q2*-1;;;+4/p-2. The molecule has 1 aliphatic carbocycles. The number of hydrogen-bond acceptors (Lipinski definition) is 0. The normalized spacial score (nSPS) is 9.78. The third-order valence-electron chi connectivity index (χ3n) is 0.586. The van der Waals surface area contributed by atoms with Gasteiger partial charge in [0.1, 0.15) is 0 Å². The summed E-state index contributed by atoms with van der Waals surface area (Å²) >= 11 is 0. The Morgan fingerprint density at radius 3 is 1.89 bits per heavy atom. The summed E-state index contributed by atoms with van der Waals surface area (Å²) in [5.41, 5.74) is 0. The molecule has 0 heterocycles. The van der Waals surface area contributed by atoms with E-state index in [0.29, 0.717) is 0 Å². The molecule has 0 aliphatic heterocycles. The minimum atomic E-state index is 0. The molecule has 1 aliphatic rings. The predicted octanol–water partition coefficient (Wildman–Crippen LogP) is -4.24. The Morgan fingerprint density at radius 2 is 1.78 bits per heavy atom. The van der Waals surface area contributed by atoms with Crippen molar-refractivity contribution in [1.82, 2.24) is 0 Å². The van der Waals surface area contributed by atoms with Crippen LogP contribution in [0.25, 0.3) is 0 Å². The average Bonchev–Trinajstić information content (AvgIpc) is 1.76. The molecular weight excluding hydrogens is 201 g/mol. The zero-order valence-electron chi connectivity index (χ0n) is 5.20. The molecule has 0 spiro atoms. The molecule has 0 nitrogen and oxygen atoms in total. The molecule has 0 atom stereocenters. The van der Waals surface area contributed by atoms with Gasteiger partial charge in [-0.25, -0.2) is 12.2 Å². The van der Waals surface area contributed by atoms with Crippen LogP contribution in [0.15, 0.2) is 18.2 Å². The first-order valence-corrected chi connectivity index (χ1v) is 1.72. The maximum absolute atomic E-state index is 2.99. The van der Waals surface area contributed by atoms with E-state index in [1.165, 1.54) is 0 Å². The number of hydrogen-bond donors (Lipinski definition) is 0. The number of allylic oxidation sites excluding steroid dienone is 4. The third kappa shape index (κ3) is 11.7. The SMILES string of the molecule is [C-]1=CC=CC1.[CH3-].[F-].[F-].[Zr+4]. The van der Waals surface area contributed by atoms with E-state index < -0.39 is 0 Å². The van der Waals surface area contributed by atoms with Crippen LogP contribution in [0.4, 0.5) is 0 Å². The van der Waals surface area contributed by atoms with E-state index in [0.717, 1.165) is 6.42 Å². The quantitative estimate of drug-likeness (QED) is 0.355. The average molecular weight is 209 g/mol. The minimum absolute atomic E-state index is 0. The predicted molar refractivity (Wildman–Crippen MR) is 28.0 cm³/mol. The summed E-state index contributed by atoms with van der Waals surface area (Å²) in [6, 6.07) is 0. The number of rotatable bonds is 0. The first kappa shape index (κ1) is 22.9. The molecule has 0 aromatic rings. The van der Waals surface area contributed by atoms with Crippen LogP contribution in [0.2, 0.25) is 0 Å². The van der Waals surface area contributed by atoms with Crippen LogP contribution in [-0.2, 0) is 26.2 Å². The van der Waals surface area contributed by atoms with Crippen molar-refractivity contribution < 1.29 is 35.6 Å². The van der Waals surface area contributed by atoms with Crippen LogP contribution in [0.1, 0.15) is 6.42 Å². The summed E-state index contributed by atoms with van der Waals surface area (Å²) in [6.07, 6.45) is 10.0. The smallest absolute Gasteiger partial charge is 1.00 e. The van der Waals surface area contributed by atoms with Crippen LogP contribution in [0, 0.1) is 13.5 Å². The molecule has 0 aromatic heterocycles. The van der Waals surface area contributed by atoms with Crippen molar-refractivity contribution in [3.63, 3.8) is 0 Å². The van der Waals surface area contributed by atoms with Crippen molar-refractivity contribution in [2.45, 2.75) is 6.42 Å². The van der Waals surface area contributed by atoms with Gasteiger partial charge in [-0.3, -0.25) is 6.08 Å². The maximum Gasteiger partial charge on any atom is 4.00 e. The molecular formula is C6H8F2Zr. The van der Waals surface area contributed by atoms with Gasteiger partial charge < -0.3 is 16.8 Å². The zero-order chi connectivity index (χ0) is 3.54. The van der Waals surface area contributed by atoms with Crippen molar-refractivity contribution in [2.75, 3.05) is 0 Å². The Balaban J connectivity index is -0.0000000312. The monoisotopic (exact) mass is 208 g/mol. The maximum atomic E-state index is 2.99. The summed E-state index contributed by atoms with van der Waals surface area (Å²) in [6.45, 7) is 0. The second-order valence-electron chi connectivity index (χ2n) is 1.00. The van der Waals surface area contributed by atoms with E-state index in [1.54, 1.807) is 0 Å². The molecule has 3 heteroatoms. The van der Waals surface area contributed by atoms with Crippen molar-refractivity contribution in [3.8, 4) is 0 Å². The van der Waals surface area contributed by atoms with Crippen LogP contribution >= 0.6 is 0 Å². The van der Waals surface area contributed by atoms with Gasteiger partial charge in [0, 0.05) is 0 Å². The summed E-state index contributed by atoms with van der Waals surface area (Å²) in [5, 5.41) is 0. The molecule has 9 heavy (non-hydrogen) atoms. The molecule has 0 radical (unpaired) electrons. The van der Waals surface area contributed by atoms with Gasteiger partial charge in [0.25, 0.3) is 0 Å². The van der Waals surface area contributed by atoms with Crippen molar-refractivity contribution in [1.29, 1.82) is 0 Å². The molecule has 0 bridgehead atoms. The van der Waals surface area contributed by atoms with Gasteiger partial charge in [-0.05, 0) is 0 Å². The van der Waals surface area contributed by atoms with E-state index >= 15 is 0 Å². The van der Waals surface area contributed by atoms with E-state index in [2.05, 4.69) is 12.2 Å². The Kier molecular flexibility index (Phi) is 39.9. The Hall–Kier alpha value is 0.223. The Bertz CT molecular complexity index is 69.1. The zero-order valence-corrected chi connectivity index (χ0v) is 7.65. The van der Waals surface area contributed by atoms with E-state index in [4.69, 9.17) is 0 Å². The molecule has 0 aromatic carbocycles. The fourth-order valence-electron chi connectivity index (χ4n) is 0.340. The van der Waals surface area contributed by atoms with Gasteiger partial charge in [-0.15, -0.1) is 6.42 Å². The second kappa shape index (κ2) is 15.7. The first-order valence-electron chi connectivity index (χ1n) is 1.72. The van der Waals surface area contributed by atoms with E-state index in [-0.39, 0.29) is 43.0 Å². The fourth-order valence-corrected chi connectivity index (χ4v) is 0.340. The van der Waals surface area contributed by atoms with Gasteiger partial charge in [0.05, 0.1) is 0 Å². The largest absolute Gasteiger partial charge is 4.00 e. The van der Waals surface area contributed by atoms with Crippen LogP contribution in [-0.4, -0.2) is 0 Å². The Morgan fingerprint density at radius 1 is 1.22 bits per heavy atom. The van der Waals surface area contributed by atoms with Crippen molar-refractivity contribution in [3.05, 3.63) is 31.7 Å². The molecule has 1 rings (SSSR count).